The lowest BCUT2D eigenvalue weighted by molar-refractivity contribution is -0.160. The summed E-state index contributed by atoms with van der Waals surface area (Å²) >= 11 is 11.8. The third-order valence-electron chi connectivity index (χ3n) is 3.29. The molecule has 0 heterocycles. The minimum absolute atomic E-state index is 0.294. The van der Waals surface area contributed by atoms with E-state index in [0.29, 0.717) is 12.0 Å². The van der Waals surface area contributed by atoms with Gasteiger partial charge in [-0.15, -0.1) is 23.2 Å². The molecule has 0 spiro atoms. The summed E-state index contributed by atoms with van der Waals surface area (Å²) in [5.41, 5.74) is 4.79. The van der Waals surface area contributed by atoms with Crippen molar-refractivity contribution in [3.05, 3.63) is 35.9 Å². The first kappa shape index (κ1) is 14.2. The number of halogens is 2. The van der Waals surface area contributed by atoms with Crippen LogP contribution in [-0.4, -0.2) is 16.2 Å². The zero-order valence-corrected chi connectivity index (χ0v) is 11.7. The third-order valence-corrected chi connectivity index (χ3v) is 4.40. The van der Waals surface area contributed by atoms with Crippen molar-refractivity contribution >= 4 is 35.1 Å². The number of hydrogen-bond donors (Lipinski definition) is 1. The fourth-order valence-electron chi connectivity index (χ4n) is 1.78. The Kier molecular flexibility index (Phi) is 3.49. The highest BCUT2D eigenvalue weighted by Crippen LogP contribution is 2.64. The van der Waals surface area contributed by atoms with E-state index in [1.54, 1.807) is 37.3 Å². The van der Waals surface area contributed by atoms with Gasteiger partial charge in [0.1, 0.15) is 9.75 Å². The largest absolute Gasteiger partial charge is 0.447 e. The Morgan fingerprint density at radius 1 is 1.32 bits per heavy atom. The van der Waals surface area contributed by atoms with Gasteiger partial charge >= 0.3 is 5.97 Å². The molecule has 0 radical (unpaired) electrons. The first-order chi connectivity index (χ1) is 8.78. The molecule has 1 amide bonds. The second-order valence-electron chi connectivity index (χ2n) is 4.81. The van der Waals surface area contributed by atoms with Crippen LogP contribution in [0.25, 0.3) is 0 Å². The fraction of sp³-hybridized carbons (Fsp3) is 0.385. The van der Waals surface area contributed by atoms with Crippen molar-refractivity contribution in [3.63, 3.8) is 0 Å². The molecule has 0 aliphatic heterocycles. The van der Waals surface area contributed by atoms with Gasteiger partial charge in [-0.05, 0) is 6.92 Å². The maximum atomic E-state index is 12.0. The summed E-state index contributed by atoms with van der Waals surface area (Å²) in [5, 5.41) is 0. The van der Waals surface area contributed by atoms with Crippen molar-refractivity contribution < 1.29 is 14.3 Å². The number of esters is 1. The standard InChI is InChI=1S/C13H13Cl2NO3/c1-12(7-13(12,14)15)11(18)19-9(10(16)17)8-5-3-2-4-6-8/h2-6,9H,7H2,1H3,(H2,16,17)/t9-,12-/m0/s1. The van der Waals surface area contributed by atoms with Crippen LogP contribution in [0.3, 0.4) is 0 Å². The summed E-state index contributed by atoms with van der Waals surface area (Å²) < 4.78 is 4.04. The highest BCUT2D eigenvalue weighted by atomic mass is 35.5. The number of ether oxygens (including phenoxy) is 1. The molecular formula is C13H13Cl2NO3. The average Bonchev–Trinajstić information content (AvgIpc) is 2.87. The Bertz CT molecular complexity index is 518. The van der Waals surface area contributed by atoms with Gasteiger partial charge in [0.05, 0.1) is 0 Å². The van der Waals surface area contributed by atoms with Gasteiger partial charge in [-0.3, -0.25) is 9.59 Å². The molecule has 1 aliphatic rings. The highest BCUT2D eigenvalue weighted by molar-refractivity contribution is 6.53. The predicted molar refractivity (Wildman–Crippen MR) is 71.6 cm³/mol. The highest BCUT2D eigenvalue weighted by Gasteiger charge is 2.69. The first-order valence-corrected chi connectivity index (χ1v) is 6.47. The lowest BCUT2D eigenvalue weighted by Crippen LogP contribution is -2.30. The summed E-state index contributed by atoms with van der Waals surface area (Å²) in [6.45, 7) is 1.60. The molecule has 6 heteroatoms. The van der Waals surface area contributed by atoms with Crippen LogP contribution in [-0.2, 0) is 14.3 Å². The number of rotatable bonds is 4. The van der Waals surface area contributed by atoms with E-state index in [1.165, 1.54) is 0 Å². The van der Waals surface area contributed by atoms with Crippen LogP contribution in [0.15, 0.2) is 30.3 Å². The molecule has 0 unspecified atom stereocenters. The van der Waals surface area contributed by atoms with Crippen molar-refractivity contribution in [2.45, 2.75) is 23.8 Å². The van der Waals surface area contributed by atoms with Crippen LogP contribution in [0.5, 0.6) is 0 Å². The quantitative estimate of drug-likeness (QED) is 0.685. The van der Waals surface area contributed by atoms with Crippen LogP contribution >= 0.6 is 23.2 Å². The van der Waals surface area contributed by atoms with Gasteiger partial charge in [0.15, 0.2) is 0 Å². The molecule has 102 valence electrons. The number of carbonyl (C=O) groups is 2. The summed E-state index contributed by atoms with van der Waals surface area (Å²) in [7, 11) is 0. The normalized spacial score (nSPS) is 25.4. The molecule has 0 bridgehead atoms. The molecule has 19 heavy (non-hydrogen) atoms. The first-order valence-electron chi connectivity index (χ1n) is 5.71. The molecular weight excluding hydrogens is 289 g/mol. The van der Waals surface area contributed by atoms with Gasteiger partial charge < -0.3 is 10.5 Å². The van der Waals surface area contributed by atoms with E-state index in [-0.39, 0.29) is 0 Å². The second kappa shape index (κ2) is 4.69. The van der Waals surface area contributed by atoms with Gasteiger partial charge in [0.25, 0.3) is 5.91 Å². The summed E-state index contributed by atoms with van der Waals surface area (Å²) in [6, 6.07) is 8.56. The SMILES string of the molecule is C[C@@]1(C(=O)O[C@H](C(N)=O)c2ccccc2)CC1(Cl)Cl. The molecule has 0 aromatic heterocycles. The van der Waals surface area contributed by atoms with Crippen LogP contribution in [0.1, 0.15) is 25.0 Å². The smallest absolute Gasteiger partial charge is 0.316 e. The van der Waals surface area contributed by atoms with Crippen molar-refractivity contribution in [1.29, 1.82) is 0 Å². The molecule has 4 nitrogen and oxygen atoms in total. The Labute approximate surface area is 120 Å². The predicted octanol–water partition coefficient (Wildman–Crippen LogP) is 2.34. The fourth-order valence-corrected chi connectivity index (χ4v) is 2.47. The second-order valence-corrected chi connectivity index (χ2v) is 6.30. The molecule has 1 aromatic rings. The number of primary amides is 1. The number of nitrogens with two attached hydrogens (primary N) is 1. The van der Waals surface area contributed by atoms with Gasteiger partial charge in [-0.1, -0.05) is 30.3 Å². The van der Waals surface area contributed by atoms with Gasteiger partial charge in [0, 0.05) is 12.0 Å². The van der Waals surface area contributed by atoms with Crippen molar-refractivity contribution in [2.75, 3.05) is 0 Å². The molecule has 1 aliphatic carbocycles. The van der Waals surface area contributed by atoms with E-state index in [1.807, 2.05) is 0 Å². The summed E-state index contributed by atoms with van der Waals surface area (Å²) in [5.74, 6) is -1.36. The van der Waals surface area contributed by atoms with E-state index in [0.717, 1.165) is 0 Å². The van der Waals surface area contributed by atoms with E-state index >= 15 is 0 Å². The van der Waals surface area contributed by atoms with Crippen molar-refractivity contribution in [1.82, 2.24) is 0 Å². The minimum atomic E-state index is -1.14. The Hall–Kier alpha value is -1.26. The zero-order chi connectivity index (χ0) is 14.3. The van der Waals surface area contributed by atoms with Gasteiger partial charge in [-0.2, -0.15) is 0 Å². The number of hydrogen-bond acceptors (Lipinski definition) is 3. The Balaban J connectivity index is 2.16. The van der Waals surface area contributed by atoms with Gasteiger partial charge in [0.2, 0.25) is 6.10 Å². The molecule has 0 saturated heterocycles. The third kappa shape index (κ3) is 2.55. The summed E-state index contributed by atoms with van der Waals surface area (Å²) in [4.78, 5) is 23.5. The number of alkyl halides is 2. The monoisotopic (exact) mass is 301 g/mol. The Morgan fingerprint density at radius 2 is 1.84 bits per heavy atom. The topological polar surface area (TPSA) is 69.4 Å². The maximum Gasteiger partial charge on any atom is 0.316 e. The molecule has 2 N–H and O–H groups in total. The molecule has 1 aromatic carbocycles. The van der Waals surface area contributed by atoms with Crippen molar-refractivity contribution in [2.24, 2.45) is 11.1 Å². The van der Waals surface area contributed by atoms with E-state index in [9.17, 15) is 9.59 Å². The van der Waals surface area contributed by atoms with Gasteiger partial charge in [-0.25, -0.2) is 0 Å². The summed E-state index contributed by atoms with van der Waals surface area (Å²) in [6.07, 6.45) is -0.836. The molecule has 1 saturated carbocycles. The van der Waals surface area contributed by atoms with Crippen LogP contribution < -0.4 is 5.73 Å². The van der Waals surface area contributed by atoms with Crippen LogP contribution in [0.2, 0.25) is 0 Å². The van der Waals surface area contributed by atoms with E-state index in [2.05, 4.69) is 0 Å². The molecule has 2 atom stereocenters. The van der Waals surface area contributed by atoms with Crippen LogP contribution in [0, 0.1) is 5.41 Å². The average molecular weight is 302 g/mol. The van der Waals surface area contributed by atoms with Crippen LogP contribution in [0.4, 0.5) is 0 Å². The van der Waals surface area contributed by atoms with Crippen molar-refractivity contribution in [3.8, 4) is 0 Å². The maximum absolute atomic E-state index is 12.0. The minimum Gasteiger partial charge on any atom is -0.447 e. The number of amides is 1. The number of benzene rings is 1. The van der Waals surface area contributed by atoms with E-state index in [4.69, 9.17) is 33.7 Å². The molecule has 1 fully saturated rings. The molecule has 2 rings (SSSR count). The Morgan fingerprint density at radius 3 is 2.26 bits per heavy atom. The lowest BCUT2D eigenvalue weighted by atomic mass is 10.1. The zero-order valence-electron chi connectivity index (χ0n) is 10.2. The lowest BCUT2D eigenvalue weighted by Gasteiger charge is -2.18. The number of carbonyl (C=O) groups excluding carboxylic acids is 2. The van der Waals surface area contributed by atoms with E-state index < -0.39 is 27.7 Å².